The van der Waals surface area contributed by atoms with E-state index >= 15 is 0 Å². The highest BCUT2D eigenvalue weighted by Crippen LogP contribution is 2.34. The van der Waals surface area contributed by atoms with Gasteiger partial charge in [-0.05, 0) is 49.8 Å². The Morgan fingerprint density at radius 1 is 1.25 bits per heavy atom. The number of hydrogen-bond acceptors (Lipinski definition) is 3. The number of guanidine groups is 1. The van der Waals surface area contributed by atoms with Crippen LogP contribution in [0.5, 0.6) is 0 Å². The van der Waals surface area contributed by atoms with Crippen LogP contribution in [0.2, 0.25) is 0 Å². The maximum absolute atomic E-state index is 11.5. The molecule has 0 aromatic heterocycles. The third-order valence-corrected chi connectivity index (χ3v) is 5.40. The zero-order valence-corrected chi connectivity index (χ0v) is 15.7. The molecule has 0 radical (unpaired) electrons. The minimum Gasteiger partial charge on any atom is -0.357 e. The van der Waals surface area contributed by atoms with E-state index in [1.165, 1.54) is 25.5 Å². The Morgan fingerprint density at radius 2 is 1.96 bits per heavy atom. The lowest BCUT2D eigenvalue weighted by atomic mass is 10.1. The number of aliphatic imine (C=N–C) groups is 1. The van der Waals surface area contributed by atoms with Crippen molar-refractivity contribution in [2.24, 2.45) is 10.9 Å². The van der Waals surface area contributed by atoms with Gasteiger partial charge >= 0.3 is 0 Å². The molecule has 1 saturated carbocycles. The molecule has 5 nitrogen and oxygen atoms in total. The van der Waals surface area contributed by atoms with E-state index in [9.17, 15) is 8.42 Å². The van der Waals surface area contributed by atoms with Gasteiger partial charge in [0.1, 0.15) is 0 Å². The van der Waals surface area contributed by atoms with Crippen LogP contribution in [0.15, 0.2) is 34.2 Å². The highest BCUT2D eigenvalue weighted by atomic mass is 32.2. The van der Waals surface area contributed by atoms with Crippen molar-refractivity contribution in [2.45, 2.75) is 50.5 Å². The van der Waals surface area contributed by atoms with E-state index in [2.05, 4.69) is 29.5 Å². The normalized spacial score (nSPS) is 20.7. The summed E-state index contributed by atoms with van der Waals surface area (Å²) < 4.78 is 22.9. The number of sulfone groups is 1. The summed E-state index contributed by atoms with van der Waals surface area (Å²) in [5.41, 5.74) is 1.09. The standard InChI is InChI=1S/C18H29N3O2S/c1-4-6-15-13-17(15)21-18(19-5-2)20-12-11-14-7-9-16(10-8-14)24(3,22)23/h7-10,15,17H,4-6,11-13H2,1-3H3,(H2,19,20,21). The Morgan fingerprint density at radius 3 is 2.54 bits per heavy atom. The summed E-state index contributed by atoms with van der Waals surface area (Å²) in [6, 6.07) is 7.63. The van der Waals surface area contributed by atoms with Gasteiger partial charge in [-0.25, -0.2) is 8.42 Å². The summed E-state index contributed by atoms with van der Waals surface area (Å²) >= 11 is 0. The fraction of sp³-hybridized carbons (Fsp3) is 0.611. The van der Waals surface area contributed by atoms with Crippen LogP contribution in [-0.2, 0) is 16.3 Å². The SMILES string of the molecule is CCCC1CC1NC(=NCCc1ccc(S(C)(=O)=O)cc1)NCC. The molecule has 1 aromatic rings. The van der Waals surface area contributed by atoms with Crippen LogP contribution < -0.4 is 10.6 Å². The fourth-order valence-corrected chi connectivity index (χ4v) is 3.44. The van der Waals surface area contributed by atoms with E-state index in [1.54, 1.807) is 12.1 Å². The van der Waals surface area contributed by atoms with Crippen LogP contribution in [0.25, 0.3) is 0 Å². The Kier molecular flexibility index (Phi) is 6.66. The van der Waals surface area contributed by atoms with Gasteiger partial charge in [0.15, 0.2) is 15.8 Å². The molecule has 0 amide bonds. The fourth-order valence-electron chi connectivity index (χ4n) is 2.81. The minimum atomic E-state index is -3.13. The molecule has 1 fully saturated rings. The van der Waals surface area contributed by atoms with Gasteiger partial charge in [0, 0.05) is 25.4 Å². The molecule has 1 aliphatic rings. The van der Waals surface area contributed by atoms with Crippen molar-refractivity contribution in [3.63, 3.8) is 0 Å². The summed E-state index contributed by atoms with van der Waals surface area (Å²) in [7, 11) is -3.13. The molecule has 6 heteroatoms. The van der Waals surface area contributed by atoms with Crippen LogP contribution in [0.3, 0.4) is 0 Å². The van der Waals surface area contributed by atoms with Gasteiger partial charge < -0.3 is 10.6 Å². The van der Waals surface area contributed by atoms with Gasteiger partial charge in [-0.3, -0.25) is 4.99 Å². The average Bonchev–Trinajstić information content (AvgIpc) is 3.25. The molecule has 2 rings (SSSR count). The number of nitrogens with zero attached hydrogens (tertiary/aromatic N) is 1. The van der Waals surface area contributed by atoms with Gasteiger partial charge in [0.05, 0.1) is 4.90 Å². The molecule has 0 aliphatic heterocycles. The maximum Gasteiger partial charge on any atom is 0.191 e. The molecule has 134 valence electrons. The Balaban J connectivity index is 1.85. The lowest BCUT2D eigenvalue weighted by Gasteiger charge is -2.11. The molecule has 2 atom stereocenters. The zero-order chi connectivity index (χ0) is 17.6. The van der Waals surface area contributed by atoms with Crippen LogP contribution in [0, 0.1) is 5.92 Å². The number of nitrogens with one attached hydrogen (secondary N) is 2. The summed E-state index contributed by atoms with van der Waals surface area (Å²) in [5.74, 6) is 1.68. The van der Waals surface area contributed by atoms with E-state index in [-0.39, 0.29) is 0 Å². The first-order valence-corrected chi connectivity index (χ1v) is 10.7. The molecule has 1 aromatic carbocycles. The first-order valence-electron chi connectivity index (χ1n) is 8.77. The minimum absolute atomic E-state index is 0.362. The van der Waals surface area contributed by atoms with E-state index in [1.807, 2.05) is 12.1 Å². The van der Waals surface area contributed by atoms with Crippen LogP contribution in [0.1, 0.15) is 38.7 Å². The zero-order valence-electron chi connectivity index (χ0n) is 14.9. The second-order valence-electron chi connectivity index (χ2n) is 6.46. The van der Waals surface area contributed by atoms with Gasteiger partial charge in [0.25, 0.3) is 0 Å². The Bertz CT molecular complexity index is 653. The largest absolute Gasteiger partial charge is 0.357 e. The molecule has 0 saturated heterocycles. The van der Waals surface area contributed by atoms with Crippen molar-refractivity contribution in [1.82, 2.24) is 10.6 Å². The van der Waals surface area contributed by atoms with Crippen LogP contribution in [0.4, 0.5) is 0 Å². The third-order valence-electron chi connectivity index (χ3n) is 4.27. The Labute approximate surface area is 145 Å². The summed E-state index contributed by atoms with van der Waals surface area (Å²) in [5, 5.41) is 6.79. The molecule has 0 spiro atoms. The molecular formula is C18H29N3O2S. The summed E-state index contributed by atoms with van der Waals surface area (Å²) in [6.45, 7) is 5.82. The highest BCUT2D eigenvalue weighted by molar-refractivity contribution is 7.90. The van der Waals surface area contributed by atoms with Crippen molar-refractivity contribution < 1.29 is 8.42 Å². The second kappa shape index (κ2) is 8.51. The second-order valence-corrected chi connectivity index (χ2v) is 8.48. The van der Waals surface area contributed by atoms with Crippen molar-refractivity contribution >= 4 is 15.8 Å². The smallest absolute Gasteiger partial charge is 0.191 e. The molecule has 0 heterocycles. The lowest BCUT2D eigenvalue weighted by molar-refractivity contribution is 0.602. The average molecular weight is 352 g/mol. The molecule has 24 heavy (non-hydrogen) atoms. The van der Waals surface area contributed by atoms with Gasteiger partial charge in [-0.1, -0.05) is 25.5 Å². The summed E-state index contributed by atoms with van der Waals surface area (Å²) in [6.07, 6.45) is 5.78. The highest BCUT2D eigenvalue weighted by Gasteiger charge is 2.36. The lowest BCUT2D eigenvalue weighted by Crippen LogP contribution is -2.39. The third kappa shape index (κ3) is 5.82. The van der Waals surface area contributed by atoms with Crippen molar-refractivity contribution in [2.75, 3.05) is 19.3 Å². The first kappa shape index (κ1) is 18.8. The maximum atomic E-state index is 11.5. The van der Waals surface area contributed by atoms with E-state index in [0.717, 1.165) is 30.4 Å². The van der Waals surface area contributed by atoms with Gasteiger partial charge in [-0.2, -0.15) is 0 Å². The predicted octanol–water partition coefficient (Wildman–Crippen LogP) is 2.38. The molecule has 2 unspecified atom stereocenters. The van der Waals surface area contributed by atoms with E-state index < -0.39 is 9.84 Å². The molecule has 0 bridgehead atoms. The van der Waals surface area contributed by atoms with E-state index in [0.29, 0.717) is 17.5 Å². The monoisotopic (exact) mass is 351 g/mol. The number of benzene rings is 1. The van der Waals surface area contributed by atoms with Crippen LogP contribution >= 0.6 is 0 Å². The van der Waals surface area contributed by atoms with Gasteiger partial charge in [0.2, 0.25) is 0 Å². The number of hydrogen-bond donors (Lipinski definition) is 2. The molecular weight excluding hydrogens is 322 g/mol. The van der Waals surface area contributed by atoms with Crippen molar-refractivity contribution in [3.8, 4) is 0 Å². The summed E-state index contributed by atoms with van der Waals surface area (Å²) in [4.78, 5) is 4.99. The molecule has 1 aliphatic carbocycles. The number of rotatable bonds is 8. The Hall–Kier alpha value is -1.56. The van der Waals surface area contributed by atoms with Crippen molar-refractivity contribution in [1.29, 1.82) is 0 Å². The predicted molar refractivity (Wildman–Crippen MR) is 99.2 cm³/mol. The van der Waals surface area contributed by atoms with Gasteiger partial charge in [-0.15, -0.1) is 0 Å². The topological polar surface area (TPSA) is 70.6 Å². The van der Waals surface area contributed by atoms with Crippen molar-refractivity contribution in [3.05, 3.63) is 29.8 Å². The van der Waals surface area contributed by atoms with E-state index in [4.69, 9.17) is 0 Å². The quantitative estimate of drug-likeness (QED) is 0.557. The first-order chi connectivity index (χ1) is 11.4. The van der Waals surface area contributed by atoms with Crippen LogP contribution in [-0.4, -0.2) is 39.8 Å². The molecule has 2 N–H and O–H groups in total.